The molecule has 0 saturated carbocycles. The maximum Gasteiger partial charge on any atom is 0.338 e. The number of para-hydroxylation sites is 2. The van der Waals surface area contributed by atoms with Crippen molar-refractivity contribution in [3.63, 3.8) is 0 Å². The van der Waals surface area contributed by atoms with Crippen molar-refractivity contribution >= 4 is 17.3 Å². The zero-order valence-electron chi connectivity index (χ0n) is 20.6. The van der Waals surface area contributed by atoms with Gasteiger partial charge in [-0.05, 0) is 49.2 Å². The van der Waals surface area contributed by atoms with Gasteiger partial charge in [0.2, 0.25) is 0 Å². The number of allylic oxidation sites excluding steroid dienone is 1. The Kier molecular flexibility index (Phi) is 6.85. The predicted octanol–water partition coefficient (Wildman–Crippen LogP) is 7.29. The van der Waals surface area contributed by atoms with Gasteiger partial charge in [0.05, 0.1) is 18.2 Å². The summed E-state index contributed by atoms with van der Waals surface area (Å²) in [5.74, 6) is -0.294. The van der Waals surface area contributed by atoms with E-state index in [1.165, 1.54) is 0 Å². The van der Waals surface area contributed by atoms with Crippen LogP contribution in [-0.2, 0) is 9.53 Å². The molecular formula is C32H30N2O2. The van der Waals surface area contributed by atoms with Crippen LogP contribution in [0.4, 0.5) is 11.4 Å². The first-order chi connectivity index (χ1) is 17.7. The quantitative estimate of drug-likeness (QED) is 0.275. The lowest BCUT2D eigenvalue weighted by Crippen LogP contribution is -2.50. The first-order valence-electron chi connectivity index (χ1n) is 12.4. The van der Waals surface area contributed by atoms with Crippen LogP contribution in [0.3, 0.4) is 0 Å². The Morgan fingerprint density at radius 1 is 0.694 bits per heavy atom. The van der Waals surface area contributed by atoms with Gasteiger partial charge in [-0.2, -0.15) is 0 Å². The number of carbonyl (C=O) groups excluding carboxylic acids is 1. The molecule has 5 rings (SSSR count). The van der Waals surface area contributed by atoms with Crippen molar-refractivity contribution in [1.82, 2.24) is 0 Å². The van der Waals surface area contributed by atoms with E-state index in [2.05, 4.69) is 70.5 Å². The molecule has 36 heavy (non-hydrogen) atoms. The van der Waals surface area contributed by atoms with Crippen molar-refractivity contribution in [3.8, 4) is 0 Å². The van der Waals surface area contributed by atoms with Crippen molar-refractivity contribution in [2.45, 2.75) is 26.1 Å². The average Bonchev–Trinajstić information content (AvgIpc) is 2.94. The van der Waals surface area contributed by atoms with E-state index < -0.39 is 0 Å². The topological polar surface area (TPSA) is 32.8 Å². The third-order valence-corrected chi connectivity index (χ3v) is 6.61. The van der Waals surface area contributed by atoms with Crippen LogP contribution in [0.5, 0.6) is 0 Å². The van der Waals surface area contributed by atoms with Crippen LogP contribution in [0.15, 0.2) is 133 Å². The Morgan fingerprint density at radius 3 is 1.69 bits per heavy atom. The Morgan fingerprint density at radius 2 is 1.17 bits per heavy atom. The minimum atomic E-state index is -0.335. The van der Waals surface area contributed by atoms with E-state index in [-0.39, 0.29) is 18.2 Å². The van der Waals surface area contributed by atoms with Crippen molar-refractivity contribution in [1.29, 1.82) is 0 Å². The second kappa shape index (κ2) is 10.5. The van der Waals surface area contributed by atoms with Gasteiger partial charge in [-0.15, -0.1) is 0 Å². The van der Waals surface area contributed by atoms with Crippen LogP contribution in [0, 0.1) is 0 Å². The average molecular weight is 475 g/mol. The lowest BCUT2D eigenvalue weighted by atomic mass is 9.89. The molecule has 2 atom stereocenters. The number of hydrogen-bond donors (Lipinski definition) is 0. The molecule has 0 aliphatic carbocycles. The van der Waals surface area contributed by atoms with E-state index in [1.54, 1.807) is 0 Å². The maximum absolute atomic E-state index is 13.7. The Hall–Kier alpha value is -4.31. The molecule has 1 heterocycles. The van der Waals surface area contributed by atoms with Gasteiger partial charge in [0.15, 0.2) is 0 Å². The Balaban J connectivity index is 1.86. The SMILES string of the molecule is CCOC(=O)C1=C(C)N(c2ccccc2)C(c2ccccc2)N(c2ccccc2)C1c1ccccc1. The second-order valence-electron chi connectivity index (χ2n) is 8.77. The van der Waals surface area contributed by atoms with E-state index in [0.717, 1.165) is 28.2 Å². The van der Waals surface area contributed by atoms with Crippen LogP contribution in [-0.4, -0.2) is 12.6 Å². The summed E-state index contributed by atoms with van der Waals surface area (Å²) < 4.78 is 5.66. The fourth-order valence-corrected chi connectivity index (χ4v) is 5.10. The molecule has 4 aromatic rings. The van der Waals surface area contributed by atoms with E-state index >= 15 is 0 Å². The number of ether oxygens (including phenoxy) is 1. The zero-order valence-corrected chi connectivity index (χ0v) is 20.6. The Labute approximate surface area is 213 Å². The van der Waals surface area contributed by atoms with E-state index in [4.69, 9.17) is 4.74 Å². The summed E-state index contributed by atoms with van der Waals surface area (Å²) in [4.78, 5) is 18.3. The fourth-order valence-electron chi connectivity index (χ4n) is 5.10. The van der Waals surface area contributed by atoms with Crippen LogP contribution < -0.4 is 9.80 Å². The van der Waals surface area contributed by atoms with Gasteiger partial charge >= 0.3 is 5.97 Å². The van der Waals surface area contributed by atoms with Crippen molar-refractivity contribution in [2.24, 2.45) is 0 Å². The van der Waals surface area contributed by atoms with Crippen LogP contribution in [0.1, 0.15) is 37.2 Å². The molecular weight excluding hydrogens is 444 g/mol. The third-order valence-electron chi connectivity index (χ3n) is 6.61. The summed E-state index contributed by atoms with van der Waals surface area (Å²) in [5, 5.41) is 0. The highest BCUT2D eigenvalue weighted by Gasteiger charge is 2.44. The van der Waals surface area contributed by atoms with Crippen molar-refractivity contribution in [2.75, 3.05) is 16.4 Å². The minimum Gasteiger partial charge on any atom is -0.463 e. The summed E-state index contributed by atoms with van der Waals surface area (Å²) in [6.45, 7) is 4.20. The predicted molar refractivity (Wildman–Crippen MR) is 146 cm³/mol. The minimum absolute atomic E-state index is 0.195. The highest BCUT2D eigenvalue weighted by atomic mass is 16.5. The number of anilines is 2. The first-order valence-corrected chi connectivity index (χ1v) is 12.4. The normalized spacial score (nSPS) is 17.7. The van der Waals surface area contributed by atoms with Crippen LogP contribution in [0.25, 0.3) is 0 Å². The van der Waals surface area contributed by atoms with Gasteiger partial charge in [-0.3, -0.25) is 0 Å². The van der Waals surface area contributed by atoms with Gasteiger partial charge in [-0.1, -0.05) is 97.1 Å². The lowest BCUT2D eigenvalue weighted by molar-refractivity contribution is -0.139. The van der Waals surface area contributed by atoms with Crippen molar-refractivity contribution < 1.29 is 9.53 Å². The molecule has 0 bridgehead atoms. The number of benzene rings is 4. The summed E-state index contributed by atoms with van der Waals surface area (Å²) in [7, 11) is 0. The fraction of sp³-hybridized carbons (Fsp3) is 0.156. The van der Waals surface area contributed by atoms with E-state index in [0.29, 0.717) is 12.2 Å². The van der Waals surface area contributed by atoms with Gasteiger partial charge in [0.1, 0.15) is 6.17 Å². The highest BCUT2D eigenvalue weighted by Crippen LogP contribution is 2.49. The number of esters is 1. The highest BCUT2D eigenvalue weighted by molar-refractivity contribution is 5.94. The summed E-state index contributed by atoms with van der Waals surface area (Å²) in [5.41, 5.74) is 5.73. The molecule has 0 amide bonds. The second-order valence-corrected chi connectivity index (χ2v) is 8.77. The first kappa shape index (κ1) is 23.4. The largest absolute Gasteiger partial charge is 0.463 e. The van der Waals surface area contributed by atoms with E-state index in [1.807, 2.05) is 74.5 Å². The molecule has 0 radical (unpaired) electrons. The lowest BCUT2D eigenvalue weighted by Gasteiger charge is -2.51. The number of rotatable bonds is 6. The van der Waals surface area contributed by atoms with Crippen molar-refractivity contribution in [3.05, 3.63) is 144 Å². The molecule has 4 aromatic carbocycles. The molecule has 1 aliphatic rings. The van der Waals surface area contributed by atoms with Gasteiger partial charge in [0.25, 0.3) is 0 Å². The third kappa shape index (κ3) is 4.38. The van der Waals surface area contributed by atoms with Crippen LogP contribution in [0.2, 0.25) is 0 Å². The maximum atomic E-state index is 13.7. The molecule has 2 unspecified atom stereocenters. The standard InChI is InChI=1S/C32H30N2O2/c1-3-36-32(35)29-24(2)33(27-20-12-6-13-21-27)31(26-18-10-5-11-19-26)34(28-22-14-7-15-23-28)30(29)25-16-8-4-9-17-25/h4-23,30-31H,3H2,1-2H3. The smallest absolute Gasteiger partial charge is 0.338 e. The molecule has 4 nitrogen and oxygen atoms in total. The Bertz CT molecular complexity index is 1320. The number of carbonyl (C=O) groups is 1. The molecule has 1 aliphatic heterocycles. The summed E-state index contributed by atoms with van der Waals surface area (Å²) in [6.07, 6.45) is -0.195. The monoisotopic (exact) mass is 474 g/mol. The molecule has 0 spiro atoms. The molecule has 0 saturated heterocycles. The molecule has 0 fully saturated rings. The molecule has 0 N–H and O–H groups in total. The number of hydrogen-bond acceptors (Lipinski definition) is 4. The van der Waals surface area contributed by atoms with E-state index in [9.17, 15) is 4.79 Å². The van der Waals surface area contributed by atoms with Gasteiger partial charge < -0.3 is 14.5 Å². The van der Waals surface area contributed by atoms with Gasteiger partial charge in [-0.25, -0.2) is 4.79 Å². The molecule has 4 heteroatoms. The van der Waals surface area contributed by atoms with Crippen LogP contribution >= 0.6 is 0 Å². The molecule has 0 aromatic heterocycles. The summed E-state index contributed by atoms with van der Waals surface area (Å²) in [6, 6.07) is 41.0. The zero-order chi connectivity index (χ0) is 24.9. The summed E-state index contributed by atoms with van der Waals surface area (Å²) >= 11 is 0. The molecule has 180 valence electrons. The van der Waals surface area contributed by atoms with Gasteiger partial charge in [0, 0.05) is 17.1 Å². The number of nitrogens with zero attached hydrogens (tertiary/aromatic N) is 2.